The van der Waals surface area contributed by atoms with Gasteiger partial charge in [-0.05, 0) is 41.8 Å². The van der Waals surface area contributed by atoms with Crippen molar-refractivity contribution in [2.45, 2.75) is 18.8 Å². The molecule has 1 amide bonds. The summed E-state index contributed by atoms with van der Waals surface area (Å²) in [4.78, 5) is 26.4. The van der Waals surface area contributed by atoms with Gasteiger partial charge in [0.1, 0.15) is 5.65 Å². The van der Waals surface area contributed by atoms with Gasteiger partial charge in [-0.2, -0.15) is 0 Å². The van der Waals surface area contributed by atoms with Crippen LogP contribution in [0.4, 0.5) is 0 Å². The number of aromatic nitrogens is 3. The minimum absolute atomic E-state index is 0.119. The zero-order valence-corrected chi connectivity index (χ0v) is 16.7. The fourth-order valence-electron chi connectivity index (χ4n) is 4.11. The Kier molecular flexibility index (Phi) is 4.64. The van der Waals surface area contributed by atoms with Crippen molar-refractivity contribution in [2.24, 2.45) is 0 Å². The van der Waals surface area contributed by atoms with Gasteiger partial charge in [-0.1, -0.05) is 30.3 Å². The van der Waals surface area contributed by atoms with E-state index in [9.17, 15) is 4.79 Å². The summed E-state index contributed by atoms with van der Waals surface area (Å²) in [5, 5.41) is 1.08. The SMILES string of the molecule is CN1C=C(c2cc(-c3cnc4[nH]ccc4c3)ccn2)C(c2ccccc2)CCC1=O. The van der Waals surface area contributed by atoms with Gasteiger partial charge in [0.25, 0.3) is 0 Å². The Morgan fingerprint density at radius 2 is 1.90 bits per heavy atom. The normalized spacial score (nSPS) is 17.1. The molecule has 5 nitrogen and oxygen atoms in total. The van der Waals surface area contributed by atoms with Crippen LogP contribution in [0, 0.1) is 0 Å². The molecule has 148 valence electrons. The van der Waals surface area contributed by atoms with Crippen LogP contribution in [0.1, 0.15) is 30.0 Å². The van der Waals surface area contributed by atoms with Gasteiger partial charge in [0.2, 0.25) is 5.91 Å². The predicted octanol–water partition coefficient (Wildman–Crippen LogP) is 5.00. The van der Waals surface area contributed by atoms with Crippen molar-refractivity contribution in [3.8, 4) is 11.1 Å². The summed E-state index contributed by atoms with van der Waals surface area (Å²) in [6.07, 6.45) is 8.84. The molecule has 30 heavy (non-hydrogen) atoms. The molecule has 1 unspecified atom stereocenters. The number of amides is 1. The molecule has 0 bridgehead atoms. The lowest BCUT2D eigenvalue weighted by molar-refractivity contribution is -0.127. The van der Waals surface area contributed by atoms with Crippen molar-refractivity contribution in [1.82, 2.24) is 19.9 Å². The first-order valence-corrected chi connectivity index (χ1v) is 10.1. The van der Waals surface area contributed by atoms with Crippen molar-refractivity contribution in [1.29, 1.82) is 0 Å². The average Bonchev–Trinajstić information content (AvgIpc) is 3.21. The third-order valence-corrected chi connectivity index (χ3v) is 5.74. The zero-order chi connectivity index (χ0) is 20.5. The lowest BCUT2D eigenvalue weighted by Gasteiger charge is -2.19. The van der Waals surface area contributed by atoms with Crippen LogP contribution in [0.15, 0.2) is 79.4 Å². The fraction of sp³-hybridized carbons (Fsp3) is 0.160. The molecule has 0 aliphatic carbocycles. The highest BCUT2D eigenvalue weighted by Crippen LogP contribution is 2.38. The van der Waals surface area contributed by atoms with Crippen LogP contribution >= 0.6 is 0 Å². The molecule has 1 aliphatic rings. The minimum Gasteiger partial charge on any atom is -0.346 e. The number of allylic oxidation sites excluding steroid dienone is 1. The molecule has 5 rings (SSSR count). The van der Waals surface area contributed by atoms with E-state index in [0.717, 1.165) is 39.8 Å². The number of hydrogen-bond acceptors (Lipinski definition) is 3. The van der Waals surface area contributed by atoms with Crippen LogP contribution in [-0.2, 0) is 4.79 Å². The van der Waals surface area contributed by atoms with Crippen LogP contribution in [0.5, 0.6) is 0 Å². The highest BCUT2D eigenvalue weighted by Gasteiger charge is 2.25. The molecule has 5 heteroatoms. The van der Waals surface area contributed by atoms with Gasteiger partial charge in [-0.25, -0.2) is 4.98 Å². The Hall–Kier alpha value is -3.73. The van der Waals surface area contributed by atoms with Crippen molar-refractivity contribution in [2.75, 3.05) is 7.05 Å². The molecule has 4 aromatic rings. The number of rotatable bonds is 3. The third kappa shape index (κ3) is 3.39. The lowest BCUT2D eigenvalue weighted by Crippen LogP contribution is -2.19. The molecule has 1 aliphatic heterocycles. The lowest BCUT2D eigenvalue weighted by atomic mass is 9.86. The number of aromatic amines is 1. The maximum Gasteiger partial charge on any atom is 0.226 e. The van der Waals surface area contributed by atoms with E-state index >= 15 is 0 Å². The zero-order valence-electron chi connectivity index (χ0n) is 16.7. The van der Waals surface area contributed by atoms with E-state index in [2.05, 4.69) is 39.2 Å². The standard InChI is InChI=1S/C25H22N4O/c1-29-16-22(21(7-8-24(29)30)17-5-3-2-4-6-17)23-14-18(9-11-26-23)20-13-19-10-12-27-25(19)28-15-20/h2-6,9-16,21H,7-8H2,1H3,(H,27,28). The Balaban J connectivity index is 1.60. The summed E-state index contributed by atoms with van der Waals surface area (Å²) in [7, 11) is 1.82. The summed E-state index contributed by atoms with van der Waals surface area (Å²) in [6, 6.07) is 18.6. The predicted molar refractivity (Wildman–Crippen MR) is 118 cm³/mol. The Labute approximate surface area is 175 Å². The number of carbonyl (C=O) groups excluding carboxylic acids is 1. The van der Waals surface area contributed by atoms with Crippen LogP contribution in [0.25, 0.3) is 27.7 Å². The highest BCUT2D eigenvalue weighted by molar-refractivity contribution is 5.84. The molecule has 0 saturated carbocycles. The molecule has 0 fully saturated rings. The smallest absolute Gasteiger partial charge is 0.226 e. The number of fused-ring (bicyclic) bond motifs is 1. The van der Waals surface area contributed by atoms with Crippen LogP contribution in [0.2, 0.25) is 0 Å². The van der Waals surface area contributed by atoms with E-state index in [1.165, 1.54) is 5.56 Å². The second kappa shape index (κ2) is 7.59. The van der Waals surface area contributed by atoms with E-state index in [1.807, 2.05) is 62.2 Å². The van der Waals surface area contributed by atoms with Crippen molar-refractivity contribution in [3.63, 3.8) is 0 Å². The summed E-state index contributed by atoms with van der Waals surface area (Å²) < 4.78 is 0. The highest BCUT2D eigenvalue weighted by atomic mass is 16.2. The van der Waals surface area contributed by atoms with E-state index in [4.69, 9.17) is 0 Å². The van der Waals surface area contributed by atoms with E-state index < -0.39 is 0 Å². The molecule has 0 spiro atoms. The molecule has 4 heterocycles. The number of nitrogens with one attached hydrogen (secondary N) is 1. The number of hydrogen-bond donors (Lipinski definition) is 1. The van der Waals surface area contributed by atoms with Gasteiger partial charge in [0.05, 0.1) is 5.69 Å². The molecule has 0 radical (unpaired) electrons. The van der Waals surface area contributed by atoms with Crippen molar-refractivity contribution < 1.29 is 4.79 Å². The van der Waals surface area contributed by atoms with E-state index in [1.54, 1.807) is 4.90 Å². The van der Waals surface area contributed by atoms with Gasteiger partial charge in [-0.3, -0.25) is 9.78 Å². The largest absolute Gasteiger partial charge is 0.346 e. The number of pyridine rings is 2. The number of benzene rings is 1. The fourth-order valence-corrected chi connectivity index (χ4v) is 4.11. The summed E-state index contributed by atoms with van der Waals surface area (Å²) >= 11 is 0. The number of H-pyrrole nitrogens is 1. The van der Waals surface area contributed by atoms with Crippen LogP contribution < -0.4 is 0 Å². The molecule has 1 atom stereocenters. The van der Waals surface area contributed by atoms with Gasteiger partial charge in [0.15, 0.2) is 0 Å². The second-order valence-corrected chi connectivity index (χ2v) is 7.66. The van der Waals surface area contributed by atoms with Gasteiger partial charge >= 0.3 is 0 Å². The summed E-state index contributed by atoms with van der Waals surface area (Å²) in [5.74, 6) is 0.248. The second-order valence-electron chi connectivity index (χ2n) is 7.66. The molecule has 1 N–H and O–H groups in total. The Bertz CT molecular complexity index is 1240. The minimum atomic E-state index is 0.119. The van der Waals surface area contributed by atoms with Crippen molar-refractivity contribution in [3.05, 3.63) is 90.6 Å². The summed E-state index contributed by atoms with van der Waals surface area (Å²) in [5.41, 5.74) is 6.13. The molecule has 1 aromatic carbocycles. The number of carbonyl (C=O) groups is 1. The Morgan fingerprint density at radius 1 is 1.03 bits per heavy atom. The monoisotopic (exact) mass is 394 g/mol. The van der Waals surface area contributed by atoms with Crippen LogP contribution in [0.3, 0.4) is 0 Å². The molecular formula is C25H22N4O. The maximum absolute atomic E-state index is 12.4. The van der Waals surface area contributed by atoms with Gasteiger partial charge in [0, 0.05) is 60.7 Å². The first-order valence-electron chi connectivity index (χ1n) is 10.1. The third-order valence-electron chi connectivity index (χ3n) is 5.74. The van der Waals surface area contributed by atoms with Gasteiger partial charge in [-0.15, -0.1) is 0 Å². The Morgan fingerprint density at radius 3 is 2.77 bits per heavy atom. The topological polar surface area (TPSA) is 61.9 Å². The average molecular weight is 394 g/mol. The maximum atomic E-state index is 12.4. The molecular weight excluding hydrogens is 372 g/mol. The van der Waals surface area contributed by atoms with E-state index in [-0.39, 0.29) is 11.8 Å². The number of nitrogens with zero attached hydrogens (tertiary/aromatic N) is 3. The van der Waals surface area contributed by atoms with Gasteiger partial charge < -0.3 is 9.88 Å². The van der Waals surface area contributed by atoms with E-state index in [0.29, 0.717) is 6.42 Å². The quantitative estimate of drug-likeness (QED) is 0.532. The van der Waals surface area contributed by atoms with Crippen LogP contribution in [-0.4, -0.2) is 32.8 Å². The first-order chi connectivity index (χ1) is 14.7. The van der Waals surface area contributed by atoms with Crippen molar-refractivity contribution >= 4 is 22.5 Å². The summed E-state index contributed by atoms with van der Waals surface area (Å²) in [6.45, 7) is 0. The molecule has 0 saturated heterocycles. The first kappa shape index (κ1) is 18.3. The molecule has 3 aromatic heterocycles.